The van der Waals surface area contributed by atoms with Crippen LogP contribution in [0.25, 0.3) is 10.6 Å². The number of carbonyl (C=O) groups excluding carboxylic acids is 1. The molecule has 0 saturated carbocycles. The molecule has 0 fully saturated rings. The van der Waals surface area contributed by atoms with Gasteiger partial charge in [0.1, 0.15) is 5.01 Å². The minimum Gasteiger partial charge on any atom is -0.385 e. The average Bonchev–Trinajstić information content (AvgIpc) is 3.02. The van der Waals surface area contributed by atoms with Crippen LogP contribution in [-0.2, 0) is 16.0 Å². The Balaban J connectivity index is 1.71. The summed E-state index contributed by atoms with van der Waals surface area (Å²) in [5, 5.41) is 5.88. The van der Waals surface area contributed by atoms with Gasteiger partial charge in [0, 0.05) is 50.0 Å². The number of amides is 1. The fraction of sp³-hybridized carbons (Fsp3) is 0.438. The summed E-state index contributed by atoms with van der Waals surface area (Å²) in [6, 6.07) is 3.88. The topological polar surface area (TPSA) is 64.1 Å². The molecule has 5 nitrogen and oxygen atoms in total. The highest BCUT2D eigenvalue weighted by atomic mass is 32.1. The molecule has 2 heterocycles. The smallest absolute Gasteiger partial charge is 0.220 e. The monoisotopic (exact) mass is 319 g/mol. The molecule has 6 heteroatoms. The number of nitrogens with zero attached hydrogens (tertiary/aromatic N) is 2. The second-order valence-corrected chi connectivity index (χ2v) is 5.79. The van der Waals surface area contributed by atoms with Gasteiger partial charge in [-0.05, 0) is 31.4 Å². The zero-order chi connectivity index (χ0) is 15.6. The lowest BCUT2D eigenvalue weighted by atomic mass is 10.2. The highest BCUT2D eigenvalue weighted by Crippen LogP contribution is 2.23. The number of pyridine rings is 1. The van der Waals surface area contributed by atoms with Gasteiger partial charge in [0.05, 0.1) is 5.69 Å². The van der Waals surface area contributed by atoms with Gasteiger partial charge < -0.3 is 10.1 Å². The van der Waals surface area contributed by atoms with Gasteiger partial charge in [0.2, 0.25) is 5.91 Å². The summed E-state index contributed by atoms with van der Waals surface area (Å²) in [5.74, 6) is 0.0772. The largest absolute Gasteiger partial charge is 0.385 e. The summed E-state index contributed by atoms with van der Waals surface area (Å²) in [7, 11) is 1.69. The van der Waals surface area contributed by atoms with Gasteiger partial charge in [-0.15, -0.1) is 11.3 Å². The molecule has 1 amide bonds. The van der Waals surface area contributed by atoms with E-state index in [1.165, 1.54) is 0 Å². The van der Waals surface area contributed by atoms with Crippen molar-refractivity contribution in [1.82, 2.24) is 15.3 Å². The van der Waals surface area contributed by atoms with Crippen molar-refractivity contribution in [2.45, 2.75) is 25.7 Å². The van der Waals surface area contributed by atoms with E-state index in [1.807, 2.05) is 17.5 Å². The highest BCUT2D eigenvalue weighted by molar-refractivity contribution is 7.13. The summed E-state index contributed by atoms with van der Waals surface area (Å²) in [6.45, 7) is 1.45. The van der Waals surface area contributed by atoms with Gasteiger partial charge in [0.15, 0.2) is 0 Å². The first-order chi connectivity index (χ1) is 10.8. The van der Waals surface area contributed by atoms with Crippen LogP contribution in [0.1, 0.15) is 25.0 Å². The van der Waals surface area contributed by atoms with Crippen LogP contribution in [-0.4, -0.2) is 36.1 Å². The number of hydrogen-bond donors (Lipinski definition) is 1. The van der Waals surface area contributed by atoms with Crippen molar-refractivity contribution in [2.24, 2.45) is 0 Å². The summed E-state index contributed by atoms with van der Waals surface area (Å²) in [6.07, 6.45) is 6.60. The van der Waals surface area contributed by atoms with Crippen molar-refractivity contribution in [3.05, 3.63) is 35.6 Å². The quantitative estimate of drug-likeness (QED) is 0.722. The third-order valence-corrected chi connectivity index (χ3v) is 4.11. The Morgan fingerprint density at radius 3 is 3.09 bits per heavy atom. The summed E-state index contributed by atoms with van der Waals surface area (Å²) in [5.41, 5.74) is 1.97. The number of aryl methyl sites for hydroxylation is 1. The second kappa shape index (κ2) is 9.27. The first-order valence-corrected chi connectivity index (χ1v) is 8.28. The molecule has 0 aliphatic carbocycles. The van der Waals surface area contributed by atoms with Crippen molar-refractivity contribution in [3.8, 4) is 10.6 Å². The normalized spacial score (nSPS) is 10.6. The Labute approximate surface area is 134 Å². The molecule has 0 aromatic carbocycles. The van der Waals surface area contributed by atoms with Gasteiger partial charge in [0.25, 0.3) is 0 Å². The molecule has 0 spiro atoms. The number of rotatable bonds is 9. The van der Waals surface area contributed by atoms with Crippen LogP contribution in [0.3, 0.4) is 0 Å². The number of unbranched alkanes of at least 4 members (excludes halogenated alkanes) is 1. The van der Waals surface area contributed by atoms with E-state index in [1.54, 1.807) is 30.8 Å². The highest BCUT2D eigenvalue weighted by Gasteiger charge is 2.07. The lowest BCUT2D eigenvalue weighted by Gasteiger charge is -2.04. The van der Waals surface area contributed by atoms with Crippen LogP contribution in [0.5, 0.6) is 0 Å². The number of carbonyl (C=O) groups is 1. The molecule has 22 heavy (non-hydrogen) atoms. The molecule has 0 bridgehead atoms. The van der Waals surface area contributed by atoms with E-state index < -0.39 is 0 Å². The Bertz CT molecular complexity index is 572. The average molecular weight is 319 g/mol. The predicted molar refractivity (Wildman–Crippen MR) is 87.8 cm³/mol. The van der Waals surface area contributed by atoms with Crippen LogP contribution < -0.4 is 5.32 Å². The maximum atomic E-state index is 11.7. The van der Waals surface area contributed by atoms with E-state index in [4.69, 9.17) is 4.74 Å². The standard InChI is InChI=1S/C16H21N3O2S/c1-21-10-3-2-9-18-15(20)7-6-14-12-22-16(19-14)13-5-4-8-17-11-13/h4-5,8,11-12H,2-3,6-7,9-10H2,1H3,(H,18,20). The minimum absolute atomic E-state index is 0.0772. The molecule has 1 N–H and O–H groups in total. The maximum Gasteiger partial charge on any atom is 0.220 e. The van der Waals surface area contributed by atoms with Crippen LogP contribution >= 0.6 is 11.3 Å². The number of ether oxygens (including phenoxy) is 1. The number of thiazole rings is 1. The fourth-order valence-corrected chi connectivity index (χ4v) is 2.82. The molecular formula is C16H21N3O2S. The predicted octanol–water partition coefficient (Wildman–Crippen LogP) is 2.68. The molecule has 0 radical (unpaired) electrons. The second-order valence-electron chi connectivity index (χ2n) is 4.94. The van der Waals surface area contributed by atoms with Gasteiger partial charge >= 0.3 is 0 Å². The Kier molecular flexibility index (Phi) is 6.99. The summed E-state index contributed by atoms with van der Waals surface area (Å²) < 4.78 is 4.97. The van der Waals surface area contributed by atoms with Crippen LogP contribution in [0, 0.1) is 0 Å². The number of methoxy groups -OCH3 is 1. The summed E-state index contributed by atoms with van der Waals surface area (Å²) in [4.78, 5) is 20.4. The number of hydrogen-bond acceptors (Lipinski definition) is 5. The molecule has 118 valence electrons. The third kappa shape index (κ3) is 5.54. The zero-order valence-electron chi connectivity index (χ0n) is 12.7. The van der Waals surface area contributed by atoms with E-state index in [0.29, 0.717) is 19.4 Å². The van der Waals surface area contributed by atoms with Crippen molar-refractivity contribution in [3.63, 3.8) is 0 Å². The van der Waals surface area contributed by atoms with Gasteiger partial charge in [-0.2, -0.15) is 0 Å². The molecule has 0 unspecified atom stereocenters. The molecule has 2 rings (SSSR count). The fourth-order valence-electron chi connectivity index (χ4n) is 1.97. The van der Waals surface area contributed by atoms with E-state index in [0.717, 1.165) is 35.7 Å². The van der Waals surface area contributed by atoms with Crippen molar-refractivity contribution in [2.75, 3.05) is 20.3 Å². The molecule has 0 saturated heterocycles. The van der Waals surface area contributed by atoms with E-state index in [-0.39, 0.29) is 5.91 Å². The molecule has 2 aromatic rings. The van der Waals surface area contributed by atoms with Gasteiger partial charge in [-0.1, -0.05) is 0 Å². The molecule has 0 aliphatic heterocycles. The van der Waals surface area contributed by atoms with Crippen molar-refractivity contribution >= 4 is 17.2 Å². The molecule has 0 atom stereocenters. The first-order valence-electron chi connectivity index (χ1n) is 7.40. The van der Waals surface area contributed by atoms with E-state index in [2.05, 4.69) is 15.3 Å². The zero-order valence-corrected chi connectivity index (χ0v) is 13.6. The number of nitrogens with one attached hydrogen (secondary N) is 1. The Morgan fingerprint density at radius 2 is 2.32 bits per heavy atom. The van der Waals surface area contributed by atoms with Crippen LogP contribution in [0.2, 0.25) is 0 Å². The Morgan fingerprint density at radius 1 is 1.41 bits per heavy atom. The minimum atomic E-state index is 0.0772. The molecule has 2 aromatic heterocycles. The van der Waals surface area contributed by atoms with E-state index >= 15 is 0 Å². The SMILES string of the molecule is COCCCCNC(=O)CCc1csc(-c2cccnc2)n1. The molecule has 0 aliphatic rings. The van der Waals surface area contributed by atoms with Gasteiger partial charge in [-0.3, -0.25) is 9.78 Å². The van der Waals surface area contributed by atoms with Gasteiger partial charge in [-0.25, -0.2) is 4.98 Å². The first kappa shape index (κ1) is 16.6. The van der Waals surface area contributed by atoms with Crippen LogP contribution in [0.4, 0.5) is 0 Å². The molecular weight excluding hydrogens is 298 g/mol. The van der Waals surface area contributed by atoms with Crippen LogP contribution in [0.15, 0.2) is 29.9 Å². The van der Waals surface area contributed by atoms with Crippen molar-refractivity contribution < 1.29 is 9.53 Å². The lowest BCUT2D eigenvalue weighted by molar-refractivity contribution is -0.121. The summed E-state index contributed by atoms with van der Waals surface area (Å²) >= 11 is 1.58. The van der Waals surface area contributed by atoms with Crippen molar-refractivity contribution in [1.29, 1.82) is 0 Å². The Hall–Kier alpha value is -1.79. The van der Waals surface area contributed by atoms with E-state index in [9.17, 15) is 4.79 Å². The number of aromatic nitrogens is 2. The maximum absolute atomic E-state index is 11.7. The lowest BCUT2D eigenvalue weighted by Crippen LogP contribution is -2.24. The third-order valence-electron chi connectivity index (χ3n) is 3.17.